The Balaban J connectivity index is 1.65. The van der Waals surface area contributed by atoms with E-state index in [4.69, 9.17) is 4.74 Å². The molecule has 1 fully saturated rings. The molecule has 0 aromatic heterocycles. The highest BCUT2D eigenvalue weighted by Crippen LogP contribution is 2.60. The highest BCUT2D eigenvalue weighted by atomic mass is 19.4. The maximum atomic E-state index is 14.3. The molecule has 1 aliphatic carbocycles. The molecule has 0 N–H and O–H groups in total. The zero-order chi connectivity index (χ0) is 26.1. The Morgan fingerprint density at radius 2 is 1.49 bits per heavy atom. The summed E-state index contributed by atoms with van der Waals surface area (Å²) in [6.07, 6.45) is -1.02. The lowest BCUT2D eigenvalue weighted by atomic mass is 9.64. The summed E-state index contributed by atoms with van der Waals surface area (Å²) in [5, 5.41) is 0. The Morgan fingerprint density at radius 1 is 0.892 bits per heavy atom. The van der Waals surface area contributed by atoms with Crippen molar-refractivity contribution in [2.24, 2.45) is 5.41 Å². The number of hydrogen-bond acceptors (Lipinski definition) is 5. The van der Waals surface area contributed by atoms with Crippen molar-refractivity contribution >= 4 is 29.3 Å². The lowest BCUT2D eigenvalue weighted by Gasteiger charge is -2.36. The topological polar surface area (TPSA) is 63.7 Å². The third-order valence-corrected chi connectivity index (χ3v) is 7.75. The molecule has 3 aromatic carbocycles. The normalized spacial score (nSPS) is 23.1. The van der Waals surface area contributed by atoms with Gasteiger partial charge in [-0.3, -0.25) is 9.59 Å². The molecule has 0 bridgehead atoms. The molecule has 1 saturated heterocycles. The fourth-order valence-corrected chi connectivity index (χ4v) is 6.26. The molecule has 3 atom stereocenters. The molecule has 2 heterocycles. The molecule has 37 heavy (non-hydrogen) atoms. The lowest BCUT2D eigenvalue weighted by Crippen LogP contribution is -2.48. The van der Waals surface area contributed by atoms with Crippen LogP contribution < -0.4 is 4.90 Å². The molecule has 5 nitrogen and oxygen atoms in total. The van der Waals surface area contributed by atoms with E-state index >= 15 is 0 Å². The van der Waals surface area contributed by atoms with E-state index in [2.05, 4.69) is 0 Å². The van der Waals surface area contributed by atoms with Gasteiger partial charge in [0.2, 0.25) is 0 Å². The number of halogens is 3. The maximum absolute atomic E-state index is 14.3. The van der Waals surface area contributed by atoms with Gasteiger partial charge in [0.1, 0.15) is 11.5 Å². The fourth-order valence-electron chi connectivity index (χ4n) is 6.26. The van der Waals surface area contributed by atoms with Crippen LogP contribution >= 0.6 is 0 Å². The molecule has 3 aliphatic rings. The first-order valence-corrected chi connectivity index (χ1v) is 11.7. The van der Waals surface area contributed by atoms with Gasteiger partial charge in [0.25, 0.3) is 0 Å². The van der Waals surface area contributed by atoms with E-state index in [-0.39, 0.29) is 16.7 Å². The Labute approximate surface area is 210 Å². The van der Waals surface area contributed by atoms with Crippen LogP contribution in [0.15, 0.2) is 78.9 Å². The summed E-state index contributed by atoms with van der Waals surface area (Å²) in [4.78, 5) is 43.7. The molecule has 3 aromatic rings. The highest BCUT2D eigenvalue weighted by Gasteiger charge is 2.72. The van der Waals surface area contributed by atoms with E-state index in [9.17, 15) is 27.6 Å². The Kier molecular flexibility index (Phi) is 4.96. The van der Waals surface area contributed by atoms with Gasteiger partial charge in [-0.05, 0) is 29.3 Å². The largest absolute Gasteiger partial charge is 0.467 e. The van der Waals surface area contributed by atoms with E-state index in [1.807, 2.05) is 18.2 Å². The first kappa shape index (κ1) is 23.2. The molecule has 0 radical (unpaired) electrons. The smallest absolute Gasteiger partial charge is 0.416 e. The zero-order valence-corrected chi connectivity index (χ0v) is 19.5. The van der Waals surface area contributed by atoms with Crippen molar-refractivity contribution < 1.29 is 32.3 Å². The Bertz CT molecular complexity index is 1460. The quantitative estimate of drug-likeness (QED) is 0.350. The van der Waals surface area contributed by atoms with E-state index < -0.39 is 52.7 Å². The van der Waals surface area contributed by atoms with Crippen molar-refractivity contribution in [2.75, 3.05) is 12.0 Å². The number of esters is 1. The summed E-state index contributed by atoms with van der Waals surface area (Å²) < 4.78 is 45.3. The molecular weight excluding hydrogens is 483 g/mol. The second kappa shape index (κ2) is 7.90. The molecular formula is C29H20F3NO4. The Hall–Kier alpha value is -4.20. The van der Waals surface area contributed by atoms with Crippen LogP contribution in [0.1, 0.15) is 43.3 Å². The highest BCUT2D eigenvalue weighted by molar-refractivity contribution is 6.32. The van der Waals surface area contributed by atoms with Gasteiger partial charge in [0.15, 0.2) is 11.6 Å². The molecule has 1 spiro atoms. The number of ketones is 2. The summed E-state index contributed by atoms with van der Waals surface area (Å²) in [6.45, 7) is 0. The molecule has 0 amide bonds. The summed E-state index contributed by atoms with van der Waals surface area (Å²) in [5.74, 6) is -2.70. The van der Waals surface area contributed by atoms with Gasteiger partial charge < -0.3 is 9.64 Å². The maximum Gasteiger partial charge on any atom is 0.416 e. The van der Waals surface area contributed by atoms with Crippen molar-refractivity contribution in [3.63, 3.8) is 0 Å². The monoisotopic (exact) mass is 503 g/mol. The van der Waals surface area contributed by atoms with Gasteiger partial charge in [0, 0.05) is 22.7 Å². The number of nitrogens with zero attached hydrogens (tertiary/aromatic N) is 1. The molecule has 6 rings (SSSR count). The van der Waals surface area contributed by atoms with Crippen LogP contribution in [0, 0.1) is 5.41 Å². The van der Waals surface area contributed by atoms with Crippen LogP contribution in [0.2, 0.25) is 0 Å². The van der Waals surface area contributed by atoms with Crippen LogP contribution in [0.25, 0.3) is 6.08 Å². The van der Waals surface area contributed by atoms with Gasteiger partial charge in [-0.25, -0.2) is 4.79 Å². The average molecular weight is 503 g/mol. The van der Waals surface area contributed by atoms with Crippen LogP contribution in [-0.2, 0) is 15.7 Å². The van der Waals surface area contributed by atoms with Gasteiger partial charge >= 0.3 is 12.1 Å². The van der Waals surface area contributed by atoms with Crippen LogP contribution in [0.5, 0.6) is 0 Å². The number of alkyl halides is 3. The minimum atomic E-state index is -4.57. The minimum absolute atomic E-state index is 0.238. The summed E-state index contributed by atoms with van der Waals surface area (Å²) in [6, 6.07) is 16.1. The SMILES string of the molecule is COC(=O)[C@@H]1[C@H](c2ccc(C(F)(F)F)cc2)C2(C(=O)c3ccccc3C2=O)[C@@H]2C=Cc3ccccc3N12. The van der Waals surface area contributed by atoms with Crippen LogP contribution in [0.4, 0.5) is 18.9 Å². The summed E-state index contributed by atoms with van der Waals surface area (Å²) in [5.41, 5.74) is -0.468. The van der Waals surface area contributed by atoms with Crippen LogP contribution in [-0.4, -0.2) is 36.7 Å². The van der Waals surface area contributed by atoms with Gasteiger partial charge in [-0.15, -0.1) is 0 Å². The number of anilines is 1. The van der Waals surface area contributed by atoms with Crippen molar-refractivity contribution in [2.45, 2.75) is 24.2 Å². The predicted molar refractivity (Wildman–Crippen MR) is 129 cm³/mol. The molecule has 186 valence electrons. The number of rotatable bonds is 2. The van der Waals surface area contributed by atoms with Gasteiger partial charge in [0.05, 0.1) is 18.7 Å². The second-order valence-electron chi connectivity index (χ2n) is 9.41. The number of Topliss-reactive ketones (excluding diaryl/α,β-unsaturated/α-hetero) is 2. The molecule has 0 saturated carbocycles. The standard InChI is InChI=1S/C29H20F3NO4/c1-37-27(36)24-23(17-10-13-18(14-11-17)29(30,31)32)28(25(34)19-7-3-4-8-20(19)26(28)35)22-15-12-16-6-2-5-9-21(16)33(22)24/h2-15,22-24H,1H3/t22-,23-,24-/m0/s1. The zero-order valence-electron chi connectivity index (χ0n) is 19.5. The number of benzene rings is 3. The summed E-state index contributed by atoms with van der Waals surface area (Å²) in [7, 11) is 1.21. The predicted octanol–water partition coefficient (Wildman–Crippen LogP) is 5.31. The van der Waals surface area contributed by atoms with E-state index in [0.717, 1.165) is 17.7 Å². The van der Waals surface area contributed by atoms with E-state index in [1.165, 1.54) is 19.2 Å². The van der Waals surface area contributed by atoms with Crippen LogP contribution in [0.3, 0.4) is 0 Å². The first-order valence-electron chi connectivity index (χ1n) is 11.7. The number of hydrogen-bond donors (Lipinski definition) is 0. The van der Waals surface area contributed by atoms with Crippen molar-refractivity contribution in [1.82, 2.24) is 0 Å². The van der Waals surface area contributed by atoms with Gasteiger partial charge in [-0.2, -0.15) is 13.2 Å². The molecule has 2 aliphatic heterocycles. The van der Waals surface area contributed by atoms with Crippen molar-refractivity contribution in [3.8, 4) is 0 Å². The molecule has 8 heteroatoms. The summed E-state index contributed by atoms with van der Waals surface area (Å²) >= 11 is 0. The number of carbonyl (C=O) groups is 3. The number of methoxy groups -OCH3 is 1. The second-order valence-corrected chi connectivity index (χ2v) is 9.41. The molecule has 0 unspecified atom stereocenters. The number of para-hydroxylation sites is 1. The fraction of sp³-hybridized carbons (Fsp3) is 0.207. The van der Waals surface area contributed by atoms with Crippen molar-refractivity contribution in [1.29, 1.82) is 0 Å². The minimum Gasteiger partial charge on any atom is -0.467 e. The number of carbonyl (C=O) groups excluding carboxylic acids is 3. The number of ether oxygens (including phenoxy) is 1. The third kappa shape index (κ3) is 3.01. The van der Waals surface area contributed by atoms with Gasteiger partial charge in [-0.1, -0.05) is 66.7 Å². The van der Waals surface area contributed by atoms with E-state index in [0.29, 0.717) is 5.69 Å². The number of fused-ring (bicyclic) bond motifs is 5. The lowest BCUT2D eigenvalue weighted by molar-refractivity contribution is -0.142. The van der Waals surface area contributed by atoms with Crippen molar-refractivity contribution in [3.05, 3.63) is 107 Å². The first-order chi connectivity index (χ1) is 17.7. The Morgan fingerprint density at radius 3 is 2.08 bits per heavy atom. The third-order valence-electron chi connectivity index (χ3n) is 7.75. The van der Waals surface area contributed by atoms with E-state index in [1.54, 1.807) is 47.4 Å². The average Bonchev–Trinajstić information content (AvgIpc) is 3.34.